The molecule has 6 nitrogen and oxygen atoms in total. The molecule has 9 heteroatoms. The Labute approximate surface area is 186 Å². The quantitative estimate of drug-likeness (QED) is 0.661. The molecule has 176 valence electrons. The lowest BCUT2D eigenvalue weighted by Crippen LogP contribution is -2.30. The number of alkyl halides is 3. The van der Waals surface area contributed by atoms with Gasteiger partial charge in [0.2, 0.25) is 5.95 Å². The van der Waals surface area contributed by atoms with Crippen LogP contribution in [-0.4, -0.2) is 46.4 Å². The van der Waals surface area contributed by atoms with E-state index < -0.39 is 18.7 Å². The number of halogens is 3. The monoisotopic (exact) mass is 452 g/mol. The Hall–Kier alpha value is -2.55. The van der Waals surface area contributed by atoms with Crippen LogP contribution >= 0.6 is 0 Å². The van der Waals surface area contributed by atoms with Gasteiger partial charge in [0, 0.05) is 18.8 Å². The molecule has 1 aliphatic carbocycles. The third-order valence-corrected chi connectivity index (χ3v) is 5.71. The van der Waals surface area contributed by atoms with Crippen molar-refractivity contribution in [2.24, 2.45) is 5.92 Å². The molecule has 2 N–H and O–H groups in total. The Morgan fingerprint density at radius 3 is 2.31 bits per heavy atom. The number of carbonyl (C=O) groups is 1. The Balaban J connectivity index is 0.000000243. The summed E-state index contributed by atoms with van der Waals surface area (Å²) in [6.07, 6.45) is -1.24. The molecule has 0 atom stereocenters. The number of carboxylic acid groups (broad SMARTS) is 1. The highest BCUT2D eigenvalue weighted by atomic mass is 19.4. The van der Waals surface area contributed by atoms with Crippen molar-refractivity contribution in [2.75, 3.05) is 24.5 Å². The van der Waals surface area contributed by atoms with Crippen molar-refractivity contribution < 1.29 is 23.1 Å². The molecule has 4 rings (SSSR count). The number of nitrogens with one attached hydrogen (secondary N) is 1. The second kappa shape index (κ2) is 9.52. The lowest BCUT2D eigenvalue weighted by Gasteiger charge is -2.22. The van der Waals surface area contributed by atoms with Crippen LogP contribution in [0.2, 0.25) is 0 Å². The Kier molecular flexibility index (Phi) is 7.17. The summed E-state index contributed by atoms with van der Waals surface area (Å²) in [5.74, 6) is 0.376. The fourth-order valence-corrected chi connectivity index (χ4v) is 4.24. The highest BCUT2D eigenvalue weighted by molar-refractivity contribution is 5.88. The fraction of sp³-hybridized carbons (Fsp3) is 0.565. The zero-order valence-corrected chi connectivity index (χ0v) is 19.0. The molecule has 0 unspecified atom stereocenters. The summed E-state index contributed by atoms with van der Waals surface area (Å²) in [6, 6.07) is 4.32. The predicted molar refractivity (Wildman–Crippen MR) is 118 cm³/mol. The van der Waals surface area contributed by atoms with Gasteiger partial charge in [-0.15, -0.1) is 0 Å². The van der Waals surface area contributed by atoms with E-state index in [1.165, 1.54) is 16.7 Å². The number of fused-ring (bicyclic) bond motifs is 1. The molecule has 0 saturated heterocycles. The zero-order valence-electron chi connectivity index (χ0n) is 19.0. The molecule has 2 aliphatic rings. The van der Waals surface area contributed by atoms with Crippen LogP contribution in [0.25, 0.3) is 0 Å². The van der Waals surface area contributed by atoms with Crippen LogP contribution < -0.4 is 10.2 Å². The molecule has 1 aromatic carbocycles. The van der Waals surface area contributed by atoms with Crippen LogP contribution in [0.3, 0.4) is 0 Å². The number of benzene rings is 1. The summed E-state index contributed by atoms with van der Waals surface area (Å²) < 4.78 is 36.2. The molecule has 1 fully saturated rings. The number of hydrogen-bond donors (Lipinski definition) is 2. The van der Waals surface area contributed by atoms with Crippen molar-refractivity contribution in [1.82, 2.24) is 14.9 Å². The Bertz CT molecular complexity index is 957. The Morgan fingerprint density at radius 1 is 1.19 bits per heavy atom. The number of nitrogens with zero attached hydrogens (tertiary/aromatic N) is 3. The fourth-order valence-electron chi connectivity index (χ4n) is 4.24. The van der Waals surface area contributed by atoms with E-state index in [1.807, 2.05) is 11.5 Å². The molecule has 2 heterocycles. The minimum atomic E-state index is -4.05. The summed E-state index contributed by atoms with van der Waals surface area (Å²) in [6.45, 7) is 9.33. The highest BCUT2D eigenvalue weighted by Crippen LogP contribution is 2.36. The van der Waals surface area contributed by atoms with E-state index in [0.717, 1.165) is 31.0 Å². The number of aromatic nitrogens is 2. The molecular weight excluding hydrogens is 421 g/mol. The lowest BCUT2D eigenvalue weighted by molar-refractivity contribution is -0.124. The number of aryl methyl sites for hydroxylation is 4. The highest BCUT2D eigenvalue weighted by Gasteiger charge is 2.31. The zero-order chi connectivity index (χ0) is 23.6. The van der Waals surface area contributed by atoms with Gasteiger partial charge in [0.25, 0.3) is 0 Å². The van der Waals surface area contributed by atoms with Crippen LogP contribution in [-0.2, 0) is 13.0 Å². The standard InChI is InChI=1S/C17H21N3O2.C6H10F3N/c1-5-13-15(16(21)22)20-7-6-19(17(20)18-13)14-11(3)8-10(2)9-12(14)4;7-6(8,9)4-10-3-5-1-2-5/h8-9H,5-7H2,1-4H3,(H,21,22);5,10H,1-4H2. The Morgan fingerprint density at radius 2 is 1.81 bits per heavy atom. The first kappa shape index (κ1) is 24.1. The van der Waals surface area contributed by atoms with Crippen molar-refractivity contribution >= 4 is 17.6 Å². The van der Waals surface area contributed by atoms with Gasteiger partial charge in [-0.3, -0.25) is 0 Å². The van der Waals surface area contributed by atoms with Gasteiger partial charge in [-0.25, -0.2) is 9.78 Å². The number of anilines is 2. The lowest BCUT2D eigenvalue weighted by atomic mass is 10.0. The second-order valence-electron chi connectivity index (χ2n) is 8.61. The average Bonchev–Trinajstić information content (AvgIpc) is 3.29. The maximum absolute atomic E-state index is 11.5. The van der Waals surface area contributed by atoms with Gasteiger partial charge in [0.05, 0.1) is 12.2 Å². The van der Waals surface area contributed by atoms with Crippen LogP contribution in [0.5, 0.6) is 0 Å². The largest absolute Gasteiger partial charge is 0.477 e. The van der Waals surface area contributed by atoms with Crippen molar-refractivity contribution in [3.05, 3.63) is 40.2 Å². The van der Waals surface area contributed by atoms with Crippen molar-refractivity contribution in [2.45, 2.75) is 59.7 Å². The van der Waals surface area contributed by atoms with Gasteiger partial charge in [0.15, 0.2) is 5.69 Å². The molecule has 1 aliphatic heterocycles. The first-order chi connectivity index (χ1) is 15.0. The van der Waals surface area contributed by atoms with Gasteiger partial charge >= 0.3 is 12.1 Å². The first-order valence-electron chi connectivity index (χ1n) is 11.0. The van der Waals surface area contributed by atoms with Gasteiger partial charge in [0.1, 0.15) is 0 Å². The average molecular weight is 453 g/mol. The molecule has 0 radical (unpaired) electrons. The van der Waals surface area contributed by atoms with Gasteiger partial charge < -0.3 is 19.9 Å². The number of imidazole rings is 1. The SMILES string of the molecule is CCc1nc2n(c1C(=O)O)CCN2c1c(C)cc(C)cc1C.FC(F)(F)CNCC1CC1. The van der Waals surface area contributed by atoms with Gasteiger partial charge in [-0.1, -0.05) is 24.6 Å². The van der Waals surface area contributed by atoms with Crippen LogP contribution in [0, 0.1) is 26.7 Å². The topological polar surface area (TPSA) is 70.4 Å². The molecule has 0 amide bonds. The van der Waals surface area contributed by atoms with E-state index in [1.54, 1.807) is 0 Å². The number of hydrogen-bond acceptors (Lipinski definition) is 4. The molecule has 1 saturated carbocycles. The van der Waals surface area contributed by atoms with E-state index in [4.69, 9.17) is 0 Å². The maximum atomic E-state index is 11.5. The van der Waals surface area contributed by atoms with Crippen molar-refractivity contribution in [1.29, 1.82) is 0 Å². The van der Waals surface area contributed by atoms with Crippen LogP contribution in [0.1, 0.15) is 52.6 Å². The molecular formula is C23H31F3N4O2. The van der Waals surface area contributed by atoms with Gasteiger partial charge in [-0.2, -0.15) is 13.2 Å². The van der Waals surface area contributed by atoms with Crippen LogP contribution in [0.4, 0.5) is 24.8 Å². The van der Waals surface area contributed by atoms with E-state index in [2.05, 4.69) is 48.1 Å². The summed E-state index contributed by atoms with van der Waals surface area (Å²) in [5, 5.41) is 11.8. The summed E-state index contributed by atoms with van der Waals surface area (Å²) >= 11 is 0. The molecule has 2 aromatic rings. The number of carboxylic acids is 1. The van der Waals surface area contributed by atoms with E-state index >= 15 is 0 Å². The minimum Gasteiger partial charge on any atom is -0.477 e. The molecule has 0 bridgehead atoms. The molecule has 32 heavy (non-hydrogen) atoms. The second-order valence-corrected chi connectivity index (χ2v) is 8.61. The van der Waals surface area contributed by atoms with Crippen molar-refractivity contribution in [3.63, 3.8) is 0 Å². The smallest absolute Gasteiger partial charge is 0.401 e. The number of aromatic carboxylic acids is 1. The van der Waals surface area contributed by atoms with E-state index in [9.17, 15) is 23.1 Å². The minimum absolute atomic E-state index is 0.336. The maximum Gasteiger partial charge on any atom is 0.401 e. The summed E-state index contributed by atoms with van der Waals surface area (Å²) in [7, 11) is 0. The van der Waals surface area contributed by atoms with E-state index in [-0.39, 0.29) is 0 Å². The van der Waals surface area contributed by atoms with Crippen molar-refractivity contribution in [3.8, 4) is 0 Å². The first-order valence-corrected chi connectivity index (χ1v) is 11.0. The van der Waals surface area contributed by atoms with Crippen LogP contribution in [0.15, 0.2) is 12.1 Å². The third-order valence-electron chi connectivity index (χ3n) is 5.71. The van der Waals surface area contributed by atoms with E-state index in [0.29, 0.717) is 36.8 Å². The number of rotatable bonds is 6. The van der Waals surface area contributed by atoms with Gasteiger partial charge in [-0.05, 0) is 63.6 Å². The third kappa shape index (κ3) is 5.62. The predicted octanol–water partition coefficient (Wildman–Crippen LogP) is 4.77. The summed E-state index contributed by atoms with van der Waals surface area (Å²) in [4.78, 5) is 18.3. The normalized spacial score (nSPS) is 15.4. The molecule has 0 spiro atoms. The molecule has 1 aromatic heterocycles. The summed E-state index contributed by atoms with van der Waals surface area (Å²) in [5.41, 5.74) is 5.78.